The lowest BCUT2D eigenvalue weighted by Crippen LogP contribution is -2.51. The Morgan fingerprint density at radius 2 is 2.29 bits per heavy atom. The molecule has 90 valence electrons. The van der Waals surface area contributed by atoms with Gasteiger partial charge < -0.3 is 15.0 Å². The van der Waals surface area contributed by atoms with Gasteiger partial charge in [0.05, 0.1) is 18.7 Å². The molecule has 17 heavy (non-hydrogen) atoms. The standard InChI is InChI=1S/C13H16N2O2/c1-17-12-4-2-3-11-10(12)5-6-15(11)13(16)9-7-14-8-9/h2-4,9,14H,5-8H2,1H3. The third-order valence-corrected chi connectivity index (χ3v) is 3.60. The van der Waals surface area contributed by atoms with Crippen LogP contribution in [-0.2, 0) is 11.2 Å². The average Bonchev–Trinajstić information content (AvgIpc) is 2.69. The van der Waals surface area contributed by atoms with Gasteiger partial charge in [0.25, 0.3) is 0 Å². The molecule has 1 aromatic carbocycles. The van der Waals surface area contributed by atoms with Crippen LogP contribution in [0.3, 0.4) is 0 Å². The summed E-state index contributed by atoms with van der Waals surface area (Å²) in [6, 6.07) is 5.91. The summed E-state index contributed by atoms with van der Waals surface area (Å²) in [5.74, 6) is 1.30. The Morgan fingerprint density at radius 1 is 1.47 bits per heavy atom. The van der Waals surface area contributed by atoms with Crippen molar-refractivity contribution in [1.82, 2.24) is 5.32 Å². The summed E-state index contributed by atoms with van der Waals surface area (Å²) in [6.45, 7) is 2.41. The van der Waals surface area contributed by atoms with E-state index >= 15 is 0 Å². The number of anilines is 1. The summed E-state index contributed by atoms with van der Waals surface area (Å²) in [6.07, 6.45) is 0.894. The number of benzene rings is 1. The van der Waals surface area contributed by atoms with E-state index in [0.717, 1.165) is 43.1 Å². The minimum absolute atomic E-state index is 0.159. The zero-order valence-corrected chi connectivity index (χ0v) is 9.90. The first-order chi connectivity index (χ1) is 8.31. The molecule has 0 aliphatic carbocycles. The van der Waals surface area contributed by atoms with Gasteiger partial charge >= 0.3 is 0 Å². The molecule has 1 N–H and O–H groups in total. The molecule has 0 saturated carbocycles. The van der Waals surface area contributed by atoms with Gasteiger partial charge in [0, 0.05) is 25.2 Å². The Bertz CT molecular complexity index is 455. The second kappa shape index (κ2) is 4.04. The smallest absolute Gasteiger partial charge is 0.232 e. The third-order valence-electron chi connectivity index (χ3n) is 3.60. The van der Waals surface area contributed by atoms with Gasteiger partial charge in [0.1, 0.15) is 5.75 Å². The molecule has 1 aromatic rings. The second-order valence-electron chi connectivity index (χ2n) is 4.55. The lowest BCUT2D eigenvalue weighted by molar-refractivity contribution is -0.123. The van der Waals surface area contributed by atoms with E-state index in [1.165, 1.54) is 0 Å². The molecule has 0 atom stereocenters. The molecule has 4 nitrogen and oxygen atoms in total. The van der Waals surface area contributed by atoms with Crippen LogP contribution in [0.1, 0.15) is 5.56 Å². The number of methoxy groups -OCH3 is 1. The van der Waals surface area contributed by atoms with Gasteiger partial charge in [-0.15, -0.1) is 0 Å². The van der Waals surface area contributed by atoms with Crippen molar-refractivity contribution in [2.24, 2.45) is 5.92 Å². The summed E-state index contributed by atoms with van der Waals surface area (Å²) < 4.78 is 5.34. The van der Waals surface area contributed by atoms with E-state index < -0.39 is 0 Å². The van der Waals surface area contributed by atoms with Crippen molar-refractivity contribution < 1.29 is 9.53 Å². The molecule has 1 saturated heterocycles. The maximum absolute atomic E-state index is 12.2. The lowest BCUT2D eigenvalue weighted by Gasteiger charge is -2.30. The predicted molar refractivity (Wildman–Crippen MR) is 65.4 cm³/mol. The molecule has 0 bridgehead atoms. The molecule has 0 spiro atoms. The Balaban J connectivity index is 1.90. The van der Waals surface area contributed by atoms with E-state index in [9.17, 15) is 4.79 Å². The van der Waals surface area contributed by atoms with Crippen LogP contribution in [-0.4, -0.2) is 32.7 Å². The van der Waals surface area contributed by atoms with Gasteiger partial charge in [-0.05, 0) is 18.6 Å². The lowest BCUT2D eigenvalue weighted by atomic mass is 10.0. The van der Waals surface area contributed by atoms with E-state index in [2.05, 4.69) is 5.32 Å². The Hall–Kier alpha value is -1.55. The largest absolute Gasteiger partial charge is 0.496 e. The number of amides is 1. The van der Waals surface area contributed by atoms with Crippen molar-refractivity contribution in [2.75, 3.05) is 31.6 Å². The Morgan fingerprint density at radius 3 is 2.94 bits per heavy atom. The van der Waals surface area contributed by atoms with Gasteiger partial charge in [0.15, 0.2) is 0 Å². The van der Waals surface area contributed by atoms with Crippen LogP contribution in [0.15, 0.2) is 18.2 Å². The summed E-state index contributed by atoms with van der Waals surface area (Å²) in [5, 5.41) is 3.14. The Labute approximate surface area is 101 Å². The number of hydrogen-bond acceptors (Lipinski definition) is 3. The first kappa shape index (κ1) is 10.6. The number of fused-ring (bicyclic) bond motifs is 1. The molecule has 0 unspecified atom stereocenters. The number of hydrogen-bond donors (Lipinski definition) is 1. The van der Waals surface area contributed by atoms with E-state index in [4.69, 9.17) is 4.74 Å². The first-order valence-corrected chi connectivity index (χ1v) is 5.99. The molecule has 4 heteroatoms. The number of carbonyl (C=O) groups excluding carboxylic acids is 1. The number of rotatable bonds is 2. The highest BCUT2D eigenvalue weighted by atomic mass is 16.5. The summed E-state index contributed by atoms with van der Waals surface area (Å²) in [7, 11) is 1.68. The molecule has 2 aliphatic rings. The topological polar surface area (TPSA) is 41.6 Å². The first-order valence-electron chi connectivity index (χ1n) is 5.99. The molecule has 1 amide bonds. The molecule has 0 radical (unpaired) electrons. The highest BCUT2D eigenvalue weighted by Gasteiger charge is 2.34. The highest BCUT2D eigenvalue weighted by Crippen LogP contribution is 2.35. The number of nitrogens with zero attached hydrogens (tertiary/aromatic N) is 1. The van der Waals surface area contributed by atoms with Crippen molar-refractivity contribution in [3.05, 3.63) is 23.8 Å². The quantitative estimate of drug-likeness (QED) is 0.820. The minimum atomic E-state index is 0.159. The molecule has 1 fully saturated rings. The molecule has 0 aromatic heterocycles. The normalized spacial score (nSPS) is 18.8. The van der Waals surface area contributed by atoms with Crippen molar-refractivity contribution >= 4 is 11.6 Å². The Kier molecular flexibility index (Phi) is 2.52. The van der Waals surface area contributed by atoms with Gasteiger partial charge in [-0.1, -0.05) is 6.07 Å². The van der Waals surface area contributed by atoms with Crippen LogP contribution < -0.4 is 15.0 Å². The summed E-state index contributed by atoms with van der Waals surface area (Å²) in [4.78, 5) is 14.1. The zero-order valence-electron chi connectivity index (χ0n) is 9.90. The maximum Gasteiger partial charge on any atom is 0.232 e. The SMILES string of the molecule is COc1cccc2c1CCN2C(=O)C1CNC1. The molecular formula is C13H16N2O2. The van der Waals surface area contributed by atoms with Crippen LogP contribution in [0.25, 0.3) is 0 Å². The van der Waals surface area contributed by atoms with Crippen LogP contribution in [0.5, 0.6) is 5.75 Å². The maximum atomic E-state index is 12.2. The van der Waals surface area contributed by atoms with Crippen molar-refractivity contribution in [2.45, 2.75) is 6.42 Å². The van der Waals surface area contributed by atoms with E-state index in [0.29, 0.717) is 0 Å². The molecule has 2 aliphatic heterocycles. The fraction of sp³-hybridized carbons (Fsp3) is 0.462. The third kappa shape index (κ3) is 1.60. The fourth-order valence-corrected chi connectivity index (χ4v) is 2.51. The highest BCUT2D eigenvalue weighted by molar-refractivity contribution is 5.98. The number of carbonyl (C=O) groups is 1. The molecule has 2 heterocycles. The van der Waals surface area contributed by atoms with Gasteiger partial charge in [0.2, 0.25) is 5.91 Å². The van der Waals surface area contributed by atoms with Gasteiger partial charge in [-0.2, -0.15) is 0 Å². The van der Waals surface area contributed by atoms with Crippen LogP contribution in [0, 0.1) is 5.92 Å². The van der Waals surface area contributed by atoms with Crippen LogP contribution in [0.4, 0.5) is 5.69 Å². The van der Waals surface area contributed by atoms with E-state index in [1.807, 2.05) is 23.1 Å². The summed E-state index contributed by atoms with van der Waals surface area (Å²) >= 11 is 0. The predicted octanol–water partition coefficient (Wildman–Crippen LogP) is 0.804. The van der Waals surface area contributed by atoms with Crippen molar-refractivity contribution in [1.29, 1.82) is 0 Å². The zero-order chi connectivity index (χ0) is 11.8. The minimum Gasteiger partial charge on any atom is -0.496 e. The van der Waals surface area contributed by atoms with Gasteiger partial charge in [-0.25, -0.2) is 0 Å². The van der Waals surface area contributed by atoms with Gasteiger partial charge in [-0.3, -0.25) is 4.79 Å². The van der Waals surface area contributed by atoms with Crippen LogP contribution in [0.2, 0.25) is 0 Å². The number of nitrogens with one attached hydrogen (secondary N) is 1. The molecular weight excluding hydrogens is 216 g/mol. The molecule has 3 rings (SSSR count). The average molecular weight is 232 g/mol. The second-order valence-corrected chi connectivity index (χ2v) is 4.55. The van der Waals surface area contributed by atoms with E-state index in [1.54, 1.807) is 7.11 Å². The fourth-order valence-electron chi connectivity index (χ4n) is 2.51. The monoisotopic (exact) mass is 232 g/mol. The van der Waals surface area contributed by atoms with Crippen molar-refractivity contribution in [3.63, 3.8) is 0 Å². The van der Waals surface area contributed by atoms with E-state index in [-0.39, 0.29) is 11.8 Å². The van der Waals surface area contributed by atoms with Crippen molar-refractivity contribution in [3.8, 4) is 5.75 Å². The summed E-state index contributed by atoms with van der Waals surface area (Å²) in [5.41, 5.74) is 2.19. The number of ether oxygens (including phenoxy) is 1. The van der Waals surface area contributed by atoms with Crippen LogP contribution >= 0.6 is 0 Å².